The molecule has 0 atom stereocenters. The van der Waals surface area contributed by atoms with E-state index in [0.29, 0.717) is 25.9 Å². The van der Waals surface area contributed by atoms with Crippen LogP contribution < -0.4 is 11.1 Å². The minimum absolute atomic E-state index is 0.0102. The lowest BCUT2D eigenvalue weighted by molar-refractivity contribution is -0.123. The molecule has 3 N–H and O–H groups in total. The number of rotatable bonds is 5. The molecule has 5 nitrogen and oxygen atoms in total. The van der Waals surface area contributed by atoms with Crippen LogP contribution in [0.15, 0.2) is 0 Å². The van der Waals surface area contributed by atoms with Crippen molar-refractivity contribution in [1.82, 2.24) is 10.2 Å². The number of hydrogen-bond donors (Lipinski definition) is 2. The maximum Gasteiger partial charge on any atom is 0.317 e. The van der Waals surface area contributed by atoms with Crippen LogP contribution in [0, 0.1) is 5.92 Å². The van der Waals surface area contributed by atoms with Crippen LogP contribution >= 0.6 is 0 Å². The number of primary amides is 1. The van der Waals surface area contributed by atoms with Gasteiger partial charge >= 0.3 is 6.03 Å². The molecule has 0 bridgehead atoms. The first-order chi connectivity index (χ1) is 8.15. The summed E-state index contributed by atoms with van der Waals surface area (Å²) in [6.07, 6.45) is 4.71. The molecule has 3 amide bonds. The molecule has 1 heterocycles. The Morgan fingerprint density at radius 1 is 1.29 bits per heavy atom. The second kappa shape index (κ2) is 7.14. The Balaban J connectivity index is 2.19. The number of urea groups is 1. The van der Waals surface area contributed by atoms with Crippen molar-refractivity contribution in [3.8, 4) is 0 Å². The zero-order valence-corrected chi connectivity index (χ0v) is 10.6. The molecule has 0 aromatic rings. The summed E-state index contributed by atoms with van der Waals surface area (Å²) in [5.41, 5.74) is 5.24. The molecule has 0 aromatic heterocycles. The molecule has 0 aromatic carbocycles. The zero-order chi connectivity index (χ0) is 12.7. The van der Waals surface area contributed by atoms with E-state index in [1.807, 2.05) is 0 Å². The van der Waals surface area contributed by atoms with Crippen LogP contribution in [0.3, 0.4) is 0 Å². The third-order valence-electron chi connectivity index (χ3n) is 3.24. The SMILES string of the molecule is CCCCCNC(=O)N1CCC(C(N)=O)CC1. The fourth-order valence-corrected chi connectivity index (χ4v) is 2.05. The van der Waals surface area contributed by atoms with E-state index in [0.717, 1.165) is 25.8 Å². The minimum Gasteiger partial charge on any atom is -0.369 e. The highest BCUT2D eigenvalue weighted by molar-refractivity contribution is 5.78. The Bertz CT molecular complexity index is 260. The number of likely N-dealkylation sites (tertiary alicyclic amines) is 1. The summed E-state index contributed by atoms with van der Waals surface area (Å²) in [5, 5.41) is 2.90. The average Bonchev–Trinajstić information content (AvgIpc) is 2.34. The van der Waals surface area contributed by atoms with Gasteiger partial charge in [0.15, 0.2) is 0 Å². The quantitative estimate of drug-likeness (QED) is 0.707. The maximum absolute atomic E-state index is 11.7. The standard InChI is InChI=1S/C12H23N3O2/c1-2-3-4-7-14-12(17)15-8-5-10(6-9-15)11(13)16/h10H,2-9H2,1H3,(H2,13,16)(H,14,17). The van der Waals surface area contributed by atoms with Gasteiger partial charge in [-0.25, -0.2) is 4.79 Å². The third kappa shape index (κ3) is 4.63. The Hall–Kier alpha value is -1.26. The number of nitrogens with zero attached hydrogens (tertiary/aromatic N) is 1. The fourth-order valence-electron chi connectivity index (χ4n) is 2.05. The topological polar surface area (TPSA) is 75.4 Å². The highest BCUT2D eigenvalue weighted by atomic mass is 16.2. The molecule has 1 rings (SSSR count). The summed E-state index contributed by atoms with van der Waals surface area (Å²) < 4.78 is 0. The van der Waals surface area contributed by atoms with Crippen LogP contribution in [0.2, 0.25) is 0 Å². The normalized spacial score (nSPS) is 16.9. The van der Waals surface area contributed by atoms with E-state index >= 15 is 0 Å². The van der Waals surface area contributed by atoms with E-state index in [9.17, 15) is 9.59 Å². The van der Waals surface area contributed by atoms with Gasteiger partial charge in [0.1, 0.15) is 0 Å². The number of unbranched alkanes of at least 4 members (excludes halogenated alkanes) is 2. The molecular weight excluding hydrogens is 218 g/mol. The van der Waals surface area contributed by atoms with E-state index in [-0.39, 0.29) is 17.9 Å². The van der Waals surface area contributed by atoms with E-state index in [2.05, 4.69) is 12.2 Å². The highest BCUT2D eigenvalue weighted by Crippen LogP contribution is 2.16. The summed E-state index contributed by atoms with van der Waals surface area (Å²) in [4.78, 5) is 24.5. The number of carbonyl (C=O) groups excluding carboxylic acids is 2. The van der Waals surface area contributed by atoms with Gasteiger partial charge in [-0.05, 0) is 19.3 Å². The lowest BCUT2D eigenvalue weighted by Crippen LogP contribution is -2.46. The average molecular weight is 241 g/mol. The predicted octanol–water partition coefficient (Wildman–Crippen LogP) is 1.08. The Labute approximate surface area is 103 Å². The maximum atomic E-state index is 11.7. The number of amides is 3. The van der Waals surface area contributed by atoms with E-state index in [1.54, 1.807) is 4.90 Å². The number of nitrogens with two attached hydrogens (primary N) is 1. The molecule has 98 valence electrons. The molecule has 1 saturated heterocycles. The van der Waals surface area contributed by atoms with Crippen molar-refractivity contribution in [2.24, 2.45) is 11.7 Å². The van der Waals surface area contributed by atoms with Crippen LogP contribution in [-0.2, 0) is 4.79 Å². The third-order valence-corrected chi connectivity index (χ3v) is 3.24. The molecule has 1 fully saturated rings. The van der Waals surface area contributed by atoms with Crippen LogP contribution in [0.4, 0.5) is 4.79 Å². The first-order valence-electron chi connectivity index (χ1n) is 6.47. The summed E-state index contributed by atoms with van der Waals surface area (Å²) in [7, 11) is 0. The summed E-state index contributed by atoms with van der Waals surface area (Å²) >= 11 is 0. The van der Waals surface area contributed by atoms with Gasteiger partial charge in [-0.1, -0.05) is 19.8 Å². The van der Waals surface area contributed by atoms with E-state index in [4.69, 9.17) is 5.73 Å². The van der Waals surface area contributed by atoms with Crippen molar-refractivity contribution in [3.05, 3.63) is 0 Å². The summed E-state index contributed by atoms with van der Waals surface area (Å²) in [6.45, 7) is 4.14. The van der Waals surface area contributed by atoms with Gasteiger partial charge in [-0.15, -0.1) is 0 Å². The minimum atomic E-state index is -0.243. The molecule has 1 aliphatic rings. The first kappa shape index (κ1) is 13.8. The molecule has 5 heteroatoms. The molecule has 0 unspecified atom stereocenters. The van der Waals surface area contributed by atoms with Gasteiger partial charge in [0.2, 0.25) is 5.91 Å². The molecule has 0 radical (unpaired) electrons. The Morgan fingerprint density at radius 3 is 2.47 bits per heavy atom. The number of piperidine rings is 1. The lowest BCUT2D eigenvalue weighted by Gasteiger charge is -2.30. The van der Waals surface area contributed by atoms with Gasteiger partial charge < -0.3 is 16.0 Å². The van der Waals surface area contributed by atoms with E-state index in [1.165, 1.54) is 0 Å². The monoisotopic (exact) mass is 241 g/mol. The molecule has 0 saturated carbocycles. The van der Waals surface area contributed by atoms with Crippen LogP contribution in [0.1, 0.15) is 39.0 Å². The van der Waals surface area contributed by atoms with Gasteiger partial charge in [0.25, 0.3) is 0 Å². The van der Waals surface area contributed by atoms with Crippen molar-refractivity contribution in [2.75, 3.05) is 19.6 Å². The Kier molecular flexibility index (Phi) is 5.80. The number of nitrogens with one attached hydrogen (secondary N) is 1. The first-order valence-corrected chi connectivity index (χ1v) is 6.47. The van der Waals surface area contributed by atoms with Gasteiger partial charge in [0.05, 0.1) is 0 Å². The largest absolute Gasteiger partial charge is 0.369 e. The van der Waals surface area contributed by atoms with Gasteiger partial charge in [-0.3, -0.25) is 4.79 Å². The fraction of sp³-hybridized carbons (Fsp3) is 0.833. The molecular formula is C12H23N3O2. The predicted molar refractivity (Wildman–Crippen MR) is 66.4 cm³/mol. The highest BCUT2D eigenvalue weighted by Gasteiger charge is 2.25. The van der Waals surface area contributed by atoms with Crippen LogP contribution in [-0.4, -0.2) is 36.5 Å². The van der Waals surface area contributed by atoms with Crippen LogP contribution in [0.25, 0.3) is 0 Å². The smallest absolute Gasteiger partial charge is 0.317 e. The van der Waals surface area contributed by atoms with Crippen molar-refractivity contribution in [3.63, 3.8) is 0 Å². The zero-order valence-electron chi connectivity index (χ0n) is 10.6. The van der Waals surface area contributed by atoms with Crippen LogP contribution in [0.5, 0.6) is 0 Å². The lowest BCUT2D eigenvalue weighted by atomic mass is 9.96. The van der Waals surface area contributed by atoms with Crippen molar-refractivity contribution in [2.45, 2.75) is 39.0 Å². The van der Waals surface area contributed by atoms with E-state index < -0.39 is 0 Å². The van der Waals surface area contributed by atoms with Gasteiger partial charge in [-0.2, -0.15) is 0 Å². The summed E-state index contributed by atoms with van der Waals surface area (Å²) in [5.74, 6) is -0.299. The molecule has 0 aliphatic carbocycles. The van der Waals surface area contributed by atoms with Gasteiger partial charge in [0, 0.05) is 25.6 Å². The number of carbonyl (C=O) groups is 2. The molecule has 17 heavy (non-hydrogen) atoms. The Morgan fingerprint density at radius 2 is 1.94 bits per heavy atom. The summed E-state index contributed by atoms with van der Waals surface area (Å²) in [6, 6.07) is -0.0102. The van der Waals surface area contributed by atoms with Crippen molar-refractivity contribution in [1.29, 1.82) is 0 Å². The second-order valence-electron chi connectivity index (χ2n) is 4.60. The number of hydrogen-bond acceptors (Lipinski definition) is 2. The van der Waals surface area contributed by atoms with Crippen molar-refractivity contribution >= 4 is 11.9 Å². The second-order valence-corrected chi connectivity index (χ2v) is 4.60. The molecule has 1 aliphatic heterocycles. The molecule has 0 spiro atoms. The van der Waals surface area contributed by atoms with Crippen molar-refractivity contribution < 1.29 is 9.59 Å².